The van der Waals surface area contributed by atoms with Crippen molar-refractivity contribution < 1.29 is 44.0 Å². The lowest BCUT2D eigenvalue weighted by Crippen LogP contribution is -2.38. The van der Waals surface area contributed by atoms with Crippen molar-refractivity contribution in [2.75, 3.05) is 0 Å². The first-order valence-corrected chi connectivity index (χ1v) is 20.2. The summed E-state index contributed by atoms with van der Waals surface area (Å²) < 4.78 is 107. The van der Waals surface area contributed by atoms with Crippen molar-refractivity contribution in [3.05, 3.63) is 129 Å². The Kier molecular flexibility index (Phi) is 12.0. The first kappa shape index (κ1) is 39.6. The van der Waals surface area contributed by atoms with Gasteiger partial charge in [0.1, 0.15) is 44.3 Å². The van der Waals surface area contributed by atoms with Gasteiger partial charge in [-0.05, 0) is 117 Å². The summed E-state index contributed by atoms with van der Waals surface area (Å²) >= 11 is 11.7. The van der Waals surface area contributed by atoms with E-state index in [-0.39, 0.29) is 77.4 Å². The van der Waals surface area contributed by atoms with E-state index in [1.54, 1.807) is 0 Å². The van der Waals surface area contributed by atoms with Crippen LogP contribution in [0.5, 0.6) is 0 Å². The molecule has 2 aliphatic rings. The van der Waals surface area contributed by atoms with E-state index in [1.807, 2.05) is 0 Å². The second-order valence-electron chi connectivity index (χ2n) is 13.0. The zero-order valence-electron chi connectivity index (χ0n) is 27.7. The van der Waals surface area contributed by atoms with Crippen molar-refractivity contribution in [3.63, 3.8) is 0 Å². The smallest absolute Gasteiger partial charge is 0.188 e. The zero-order chi connectivity index (χ0) is 37.9. The summed E-state index contributed by atoms with van der Waals surface area (Å²) in [5, 5.41) is 0.720. The third-order valence-electron chi connectivity index (χ3n) is 9.73. The highest BCUT2D eigenvalue weighted by Crippen LogP contribution is 2.48. The van der Waals surface area contributed by atoms with Gasteiger partial charge in [-0.1, -0.05) is 29.6 Å². The summed E-state index contributed by atoms with van der Waals surface area (Å²) in [6, 6.07) is 16.6. The molecule has 0 amide bonds. The van der Waals surface area contributed by atoms with Crippen LogP contribution in [0.15, 0.2) is 94.7 Å². The van der Waals surface area contributed by atoms with E-state index in [0.29, 0.717) is 29.3 Å². The summed E-state index contributed by atoms with van der Waals surface area (Å²) in [7, 11) is -8.27. The van der Waals surface area contributed by atoms with Crippen molar-refractivity contribution in [1.29, 1.82) is 0 Å². The molecule has 2 fully saturated rings. The average molecular weight is 798 g/mol. The second-order valence-corrected chi connectivity index (χ2v) is 18.4. The van der Waals surface area contributed by atoms with Crippen LogP contribution < -0.4 is 0 Å². The molecule has 0 bridgehead atoms. The summed E-state index contributed by atoms with van der Waals surface area (Å²) in [4.78, 5) is 24.1. The number of carbonyl (C=O) groups is 2. The number of halogens is 6. The molecular formula is C38H34Cl2F4O6S2. The molecule has 0 spiro atoms. The number of hydrogen-bond donors (Lipinski definition) is 0. The zero-order valence-corrected chi connectivity index (χ0v) is 30.8. The van der Waals surface area contributed by atoms with Gasteiger partial charge < -0.3 is 0 Å². The number of sulfone groups is 2. The fraction of sp³-hybridized carbons (Fsp3) is 0.316. The monoisotopic (exact) mass is 796 g/mol. The fourth-order valence-corrected chi connectivity index (χ4v) is 11.6. The van der Waals surface area contributed by atoms with Gasteiger partial charge in [0.25, 0.3) is 0 Å². The molecule has 0 unspecified atom stereocenters. The van der Waals surface area contributed by atoms with Crippen LogP contribution in [0.1, 0.15) is 75.3 Å². The summed E-state index contributed by atoms with van der Waals surface area (Å²) in [5.41, 5.74) is -0.509. The Bertz CT molecular complexity index is 2200. The molecule has 0 aromatic heterocycles. The van der Waals surface area contributed by atoms with Crippen LogP contribution >= 0.6 is 23.2 Å². The maximum atomic E-state index is 14.6. The minimum Gasteiger partial charge on any atom is -0.300 e. The largest absolute Gasteiger partial charge is 0.300 e. The Morgan fingerprint density at radius 2 is 0.942 bits per heavy atom. The number of Topliss-reactive ketones (excluding diaryl/α,β-unsaturated/α-hetero) is 2. The van der Waals surface area contributed by atoms with E-state index >= 15 is 0 Å². The third kappa shape index (κ3) is 7.85. The Morgan fingerprint density at radius 1 is 0.500 bits per heavy atom. The molecule has 4 aromatic carbocycles. The summed E-state index contributed by atoms with van der Waals surface area (Å²) in [6.45, 7) is 0. The fourth-order valence-electron chi connectivity index (χ4n) is 7.05. The van der Waals surface area contributed by atoms with Crippen LogP contribution in [-0.4, -0.2) is 28.4 Å². The van der Waals surface area contributed by atoms with E-state index in [1.165, 1.54) is 48.5 Å². The molecule has 14 heteroatoms. The molecule has 6 nitrogen and oxygen atoms in total. The molecule has 0 radical (unpaired) electrons. The molecule has 6 rings (SSSR count). The van der Waals surface area contributed by atoms with Gasteiger partial charge in [-0.15, -0.1) is 0 Å². The van der Waals surface area contributed by atoms with Crippen molar-refractivity contribution >= 4 is 54.4 Å². The highest BCUT2D eigenvalue weighted by molar-refractivity contribution is 7.92. The van der Waals surface area contributed by atoms with Gasteiger partial charge >= 0.3 is 0 Å². The quantitative estimate of drug-likeness (QED) is 0.142. The Labute approximate surface area is 310 Å². The maximum Gasteiger partial charge on any atom is 0.188 e. The van der Waals surface area contributed by atoms with Crippen LogP contribution in [0.4, 0.5) is 17.6 Å². The molecule has 2 aliphatic carbocycles. The SMILES string of the molecule is O=C1CCCC[C@@](c2cc(F)ccc2F)(S(=O)(=O)c2ccc(Cl)cc2)C1.O=C1CCC[C@](c2cc(F)ccc2F)(S(=O)(=O)c2ccc(Cl)cc2)CC1. The highest BCUT2D eigenvalue weighted by Gasteiger charge is 2.50. The van der Waals surface area contributed by atoms with Gasteiger partial charge in [0.15, 0.2) is 19.7 Å². The van der Waals surface area contributed by atoms with Gasteiger partial charge in [0.2, 0.25) is 0 Å². The van der Waals surface area contributed by atoms with Crippen LogP contribution in [0, 0.1) is 23.3 Å². The normalized spacial score (nSPS) is 21.4. The standard InChI is InChI=1S/2C19H17ClF2O3S/c20-13-3-6-16(7-4-13)26(24,25)19(10-1-2-15(23)9-11-19)17-12-14(21)5-8-18(17)22;20-13-4-7-16(8-5-13)26(24,25)19(10-2-1-3-15(23)12-19)17-11-14(21)6-9-18(17)22/h3-8,12H,1-2,9-11H2;4-9,11H,1-3,10,12H2/t2*19-/m01/s1. The van der Waals surface area contributed by atoms with E-state index < -0.39 is 52.4 Å². The van der Waals surface area contributed by atoms with Crippen molar-refractivity contribution in [1.82, 2.24) is 0 Å². The van der Waals surface area contributed by atoms with Crippen LogP contribution in [0.3, 0.4) is 0 Å². The predicted molar refractivity (Wildman–Crippen MR) is 190 cm³/mol. The van der Waals surface area contributed by atoms with Crippen LogP contribution in [0.25, 0.3) is 0 Å². The number of hydrogen-bond acceptors (Lipinski definition) is 6. The lowest BCUT2D eigenvalue weighted by molar-refractivity contribution is -0.120. The van der Waals surface area contributed by atoms with Crippen molar-refractivity contribution in [3.8, 4) is 0 Å². The van der Waals surface area contributed by atoms with Crippen molar-refractivity contribution in [2.45, 2.75) is 83.5 Å². The Hall–Kier alpha value is -3.58. The molecule has 0 saturated heterocycles. The second kappa shape index (κ2) is 15.8. The average Bonchev–Trinajstić information content (AvgIpc) is 3.44. The molecule has 2 atom stereocenters. The predicted octanol–water partition coefficient (Wildman–Crippen LogP) is 9.64. The van der Waals surface area contributed by atoms with Gasteiger partial charge in [-0.3, -0.25) is 9.59 Å². The lowest BCUT2D eigenvalue weighted by atomic mass is 9.89. The lowest BCUT2D eigenvalue weighted by Gasteiger charge is -2.33. The van der Waals surface area contributed by atoms with Gasteiger partial charge in [-0.2, -0.15) is 0 Å². The minimum atomic E-state index is -4.18. The van der Waals surface area contributed by atoms with E-state index in [0.717, 1.165) is 36.4 Å². The Balaban J connectivity index is 0.000000201. The van der Waals surface area contributed by atoms with E-state index in [9.17, 15) is 44.0 Å². The maximum absolute atomic E-state index is 14.6. The molecule has 0 aliphatic heterocycles. The highest BCUT2D eigenvalue weighted by atomic mass is 35.5. The number of rotatable bonds is 6. The topological polar surface area (TPSA) is 102 Å². The van der Waals surface area contributed by atoms with Gasteiger partial charge in [-0.25, -0.2) is 34.4 Å². The first-order chi connectivity index (χ1) is 24.5. The molecular weight excluding hydrogens is 763 g/mol. The Morgan fingerprint density at radius 3 is 1.46 bits per heavy atom. The molecule has 276 valence electrons. The van der Waals surface area contributed by atoms with Gasteiger partial charge in [0, 0.05) is 46.9 Å². The van der Waals surface area contributed by atoms with E-state index in [2.05, 4.69) is 0 Å². The molecule has 0 heterocycles. The molecule has 2 saturated carbocycles. The summed E-state index contributed by atoms with van der Waals surface area (Å²) in [5.74, 6) is -3.44. The van der Waals surface area contributed by atoms with Crippen LogP contribution in [-0.2, 0) is 38.8 Å². The number of carbonyl (C=O) groups excluding carboxylic acids is 2. The van der Waals surface area contributed by atoms with E-state index in [4.69, 9.17) is 23.2 Å². The third-order valence-corrected chi connectivity index (χ3v) is 15.3. The molecule has 52 heavy (non-hydrogen) atoms. The van der Waals surface area contributed by atoms with Crippen LogP contribution in [0.2, 0.25) is 10.0 Å². The molecule has 4 aromatic rings. The number of ketones is 2. The van der Waals surface area contributed by atoms with Crippen molar-refractivity contribution in [2.24, 2.45) is 0 Å². The minimum absolute atomic E-state index is 0.00275. The molecule has 0 N–H and O–H groups in total. The summed E-state index contributed by atoms with van der Waals surface area (Å²) in [6.07, 6.45) is 1.33. The van der Waals surface area contributed by atoms with Gasteiger partial charge in [0.05, 0.1) is 9.79 Å². The first-order valence-electron chi connectivity index (χ1n) is 16.5. The number of benzene rings is 4.